The number of hydrogen-bond donors (Lipinski definition) is 0. The van der Waals surface area contributed by atoms with Crippen LogP contribution in [0, 0.1) is 5.92 Å². The predicted octanol–water partition coefficient (Wildman–Crippen LogP) is 2.84. The molecule has 1 aliphatic rings. The molecule has 0 N–H and O–H groups in total. The molecule has 2 aromatic rings. The second-order valence-corrected chi connectivity index (χ2v) is 6.24. The van der Waals surface area contributed by atoms with E-state index < -0.39 is 0 Å². The normalized spacial score (nSPS) is 16.8. The molecule has 23 heavy (non-hydrogen) atoms. The van der Waals surface area contributed by atoms with Crippen LogP contribution in [0.3, 0.4) is 0 Å². The van der Waals surface area contributed by atoms with Crippen LogP contribution in [0.5, 0.6) is 0 Å². The molecule has 0 saturated heterocycles. The van der Waals surface area contributed by atoms with Crippen LogP contribution in [0.1, 0.15) is 19.3 Å². The average molecular weight is 310 g/mol. The number of aromatic nitrogens is 2. The van der Waals surface area contributed by atoms with Crippen molar-refractivity contribution < 1.29 is 13.9 Å². The van der Waals surface area contributed by atoms with E-state index >= 15 is 0 Å². The molecule has 0 amide bonds. The third kappa shape index (κ3) is 4.73. The van der Waals surface area contributed by atoms with E-state index in [0.29, 0.717) is 0 Å². The van der Waals surface area contributed by atoms with Crippen LogP contribution in [-0.2, 0) is 18.3 Å². The molecule has 3 nitrogen and oxygen atoms in total. The van der Waals surface area contributed by atoms with Crippen molar-refractivity contribution >= 4 is 0 Å². The van der Waals surface area contributed by atoms with Gasteiger partial charge in [0.1, 0.15) is 13.7 Å². The maximum Gasteiger partial charge on any atom is 0.171 e. The summed E-state index contributed by atoms with van der Waals surface area (Å²) in [6.45, 7) is 2.56. The molecule has 0 aromatic carbocycles. The maximum atomic E-state index is 5.77. The highest BCUT2D eigenvalue weighted by atomic mass is 16.5. The first-order valence-electron chi connectivity index (χ1n) is 8.50. The molecular weight excluding hydrogens is 284 g/mol. The van der Waals surface area contributed by atoms with Gasteiger partial charge in [-0.05, 0) is 36.3 Å². The Balaban J connectivity index is 1.42. The molecule has 1 atom stereocenters. The highest BCUT2D eigenvalue weighted by molar-refractivity contribution is 5.60. The van der Waals surface area contributed by atoms with Gasteiger partial charge in [-0.25, -0.2) is 9.13 Å². The van der Waals surface area contributed by atoms with Crippen LogP contribution in [0.15, 0.2) is 61.2 Å². The van der Waals surface area contributed by atoms with Crippen molar-refractivity contribution in [3.63, 3.8) is 0 Å². The van der Waals surface area contributed by atoms with Crippen LogP contribution in [0.2, 0.25) is 0 Å². The summed E-state index contributed by atoms with van der Waals surface area (Å²) in [7, 11) is 2.03. The lowest BCUT2D eigenvalue weighted by molar-refractivity contribution is -0.698. The van der Waals surface area contributed by atoms with Gasteiger partial charge in [0.2, 0.25) is 0 Å². The second kappa shape index (κ2) is 8.02. The third-order valence-corrected chi connectivity index (χ3v) is 4.44. The van der Waals surface area contributed by atoms with Gasteiger partial charge in [-0.2, -0.15) is 0 Å². The third-order valence-electron chi connectivity index (χ3n) is 4.44. The van der Waals surface area contributed by atoms with Gasteiger partial charge in [-0.1, -0.05) is 12.2 Å². The zero-order chi connectivity index (χ0) is 15.9. The van der Waals surface area contributed by atoms with E-state index in [1.165, 1.54) is 24.0 Å². The zero-order valence-corrected chi connectivity index (χ0v) is 13.9. The summed E-state index contributed by atoms with van der Waals surface area (Å²) in [6.07, 6.45) is 16.7. The molecule has 2 heterocycles. The Kier molecular flexibility index (Phi) is 5.54. The number of pyridine rings is 2. The highest BCUT2D eigenvalue weighted by Gasteiger charge is 2.09. The fourth-order valence-corrected chi connectivity index (χ4v) is 2.93. The van der Waals surface area contributed by atoms with Gasteiger partial charge in [0, 0.05) is 30.9 Å². The lowest BCUT2D eigenvalue weighted by atomic mass is 10.1. The van der Waals surface area contributed by atoms with Crippen LogP contribution in [0.25, 0.3) is 11.1 Å². The minimum Gasteiger partial charge on any atom is -0.375 e. The Morgan fingerprint density at radius 2 is 1.70 bits per heavy atom. The molecule has 120 valence electrons. The molecular formula is C20H26N2O+2. The van der Waals surface area contributed by atoms with E-state index in [1.54, 1.807) is 0 Å². The number of allylic oxidation sites excluding steroid dienone is 2. The summed E-state index contributed by atoms with van der Waals surface area (Å²) in [4.78, 5) is 0. The maximum absolute atomic E-state index is 5.77. The average Bonchev–Trinajstić information content (AvgIpc) is 3.09. The first kappa shape index (κ1) is 15.9. The Morgan fingerprint density at radius 1 is 1.00 bits per heavy atom. The summed E-state index contributed by atoms with van der Waals surface area (Å²) in [5, 5.41) is 0. The van der Waals surface area contributed by atoms with Crippen molar-refractivity contribution in [2.45, 2.75) is 25.8 Å². The molecule has 1 aliphatic carbocycles. The summed E-state index contributed by atoms with van der Waals surface area (Å²) < 4.78 is 10.00. The Morgan fingerprint density at radius 3 is 2.35 bits per heavy atom. The summed E-state index contributed by atoms with van der Waals surface area (Å²) >= 11 is 0. The van der Waals surface area contributed by atoms with E-state index in [2.05, 4.69) is 65.8 Å². The van der Waals surface area contributed by atoms with E-state index in [4.69, 9.17) is 4.74 Å². The SMILES string of the molecule is C[n+]1ccc(-c2cc[n+](CCOCC[C@@H]3C=CCC3)cc2)cc1. The molecule has 3 heteroatoms. The van der Waals surface area contributed by atoms with E-state index in [1.807, 2.05) is 11.6 Å². The molecule has 2 aromatic heterocycles. The van der Waals surface area contributed by atoms with Crippen molar-refractivity contribution in [3.8, 4) is 11.1 Å². The largest absolute Gasteiger partial charge is 0.375 e. The molecule has 0 radical (unpaired) electrons. The Labute approximate surface area is 138 Å². The highest BCUT2D eigenvalue weighted by Crippen LogP contribution is 2.20. The monoisotopic (exact) mass is 310 g/mol. The van der Waals surface area contributed by atoms with Gasteiger partial charge in [0.15, 0.2) is 31.3 Å². The van der Waals surface area contributed by atoms with Gasteiger partial charge in [0.25, 0.3) is 0 Å². The number of aryl methyl sites for hydroxylation is 1. The Hall–Kier alpha value is -2.00. The quantitative estimate of drug-likeness (QED) is 0.437. The Bertz CT molecular complexity index is 632. The van der Waals surface area contributed by atoms with Crippen LogP contribution in [0.4, 0.5) is 0 Å². The zero-order valence-electron chi connectivity index (χ0n) is 13.9. The lowest BCUT2D eigenvalue weighted by Gasteiger charge is -2.07. The number of nitrogens with zero attached hydrogens (tertiary/aromatic N) is 2. The molecule has 0 spiro atoms. The van der Waals surface area contributed by atoms with Crippen molar-refractivity contribution in [2.75, 3.05) is 13.2 Å². The molecule has 0 aliphatic heterocycles. The topological polar surface area (TPSA) is 17.0 Å². The summed E-state index contributed by atoms with van der Waals surface area (Å²) in [6, 6.07) is 8.61. The van der Waals surface area contributed by atoms with Crippen LogP contribution < -0.4 is 9.13 Å². The van der Waals surface area contributed by atoms with Crippen LogP contribution >= 0.6 is 0 Å². The molecule has 0 unspecified atom stereocenters. The number of hydrogen-bond acceptors (Lipinski definition) is 1. The fraction of sp³-hybridized carbons (Fsp3) is 0.400. The van der Waals surface area contributed by atoms with Crippen LogP contribution in [-0.4, -0.2) is 13.2 Å². The van der Waals surface area contributed by atoms with Gasteiger partial charge < -0.3 is 4.74 Å². The molecule has 3 rings (SSSR count). The van der Waals surface area contributed by atoms with E-state index in [0.717, 1.165) is 32.1 Å². The van der Waals surface area contributed by atoms with Crippen molar-refractivity contribution in [3.05, 3.63) is 61.2 Å². The van der Waals surface area contributed by atoms with Crippen molar-refractivity contribution in [1.29, 1.82) is 0 Å². The van der Waals surface area contributed by atoms with Gasteiger partial charge in [0.05, 0.1) is 0 Å². The fourth-order valence-electron chi connectivity index (χ4n) is 2.93. The van der Waals surface area contributed by atoms with Gasteiger partial charge in [-0.3, -0.25) is 0 Å². The minimum atomic E-state index is 0.745. The van der Waals surface area contributed by atoms with E-state index in [9.17, 15) is 0 Å². The summed E-state index contributed by atoms with van der Waals surface area (Å²) in [5.41, 5.74) is 2.49. The number of ether oxygens (including phenoxy) is 1. The van der Waals surface area contributed by atoms with Gasteiger partial charge >= 0.3 is 0 Å². The van der Waals surface area contributed by atoms with Crippen molar-refractivity contribution in [1.82, 2.24) is 0 Å². The first-order chi connectivity index (χ1) is 11.3. The molecule has 0 fully saturated rings. The predicted molar refractivity (Wildman–Crippen MR) is 90.5 cm³/mol. The van der Waals surface area contributed by atoms with Gasteiger partial charge in [-0.15, -0.1) is 0 Å². The standard InChI is InChI=1S/C20H26N2O/c1-21-11-6-19(7-12-21)20-8-13-22(14-9-20)15-17-23-16-10-18-4-2-3-5-18/h2,4,6-9,11-14,18H,3,5,10,15-17H2,1H3/q+2/t18-/m1/s1. The summed E-state index contributed by atoms with van der Waals surface area (Å²) in [5.74, 6) is 0.745. The molecule has 0 bridgehead atoms. The van der Waals surface area contributed by atoms with E-state index in [-0.39, 0.29) is 0 Å². The smallest absolute Gasteiger partial charge is 0.171 e. The minimum absolute atomic E-state index is 0.745. The van der Waals surface area contributed by atoms with Crippen molar-refractivity contribution in [2.24, 2.45) is 13.0 Å². The second-order valence-electron chi connectivity index (χ2n) is 6.24. The lowest BCUT2D eigenvalue weighted by Crippen LogP contribution is -2.35. The number of rotatable bonds is 7. The molecule has 0 saturated carbocycles. The first-order valence-corrected chi connectivity index (χ1v) is 8.50.